The van der Waals surface area contributed by atoms with Gasteiger partial charge in [0.2, 0.25) is 0 Å². The van der Waals surface area contributed by atoms with Crippen molar-refractivity contribution in [3.63, 3.8) is 0 Å². The summed E-state index contributed by atoms with van der Waals surface area (Å²) in [5, 5.41) is 3.17. The van der Waals surface area contributed by atoms with Crippen LogP contribution in [-0.4, -0.2) is 37.4 Å². The van der Waals surface area contributed by atoms with Gasteiger partial charge in [-0.05, 0) is 50.5 Å². The minimum Gasteiger partial charge on any atom is -0.410 e. The highest BCUT2D eigenvalue weighted by molar-refractivity contribution is 6.30. The van der Waals surface area contributed by atoms with Gasteiger partial charge in [-0.2, -0.15) is 0 Å². The number of amides is 1. The van der Waals surface area contributed by atoms with Crippen molar-refractivity contribution >= 4 is 29.2 Å². The number of hydrogen-bond acceptors (Lipinski definition) is 4. The van der Waals surface area contributed by atoms with Crippen LogP contribution in [0, 0.1) is 0 Å². The third-order valence-electron chi connectivity index (χ3n) is 2.92. The van der Waals surface area contributed by atoms with Crippen molar-refractivity contribution < 1.29 is 14.3 Å². The summed E-state index contributed by atoms with van der Waals surface area (Å²) in [4.78, 5) is 25.7. The van der Waals surface area contributed by atoms with Crippen molar-refractivity contribution in [2.45, 2.75) is 0 Å². The number of anilines is 1. The molecule has 0 saturated heterocycles. The number of halogens is 1. The zero-order valence-corrected chi connectivity index (χ0v) is 13.6. The maximum Gasteiger partial charge on any atom is 0.417 e. The molecule has 2 rings (SSSR count). The van der Waals surface area contributed by atoms with Gasteiger partial charge in [0.25, 0.3) is 0 Å². The van der Waals surface area contributed by atoms with E-state index in [0.29, 0.717) is 28.6 Å². The fraction of sp³-hybridized carbons (Fsp3) is 0.176. The minimum absolute atomic E-state index is 0.0430. The number of carbonyl (C=O) groups is 2. The number of likely N-dealkylation sites (N-methyl/N-ethyl adjacent to an activating group) is 1. The second-order valence-corrected chi connectivity index (χ2v) is 5.65. The van der Waals surface area contributed by atoms with Crippen molar-refractivity contribution in [2.75, 3.05) is 26.0 Å². The first-order valence-electron chi connectivity index (χ1n) is 6.96. The van der Waals surface area contributed by atoms with Crippen molar-refractivity contribution in [1.29, 1.82) is 0 Å². The third kappa shape index (κ3) is 5.39. The molecule has 0 bridgehead atoms. The Kier molecular flexibility index (Phi) is 5.73. The molecule has 0 aliphatic carbocycles. The van der Waals surface area contributed by atoms with Gasteiger partial charge in [-0.25, -0.2) is 4.79 Å². The van der Waals surface area contributed by atoms with E-state index in [1.807, 2.05) is 14.1 Å². The molecule has 2 aromatic rings. The van der Waals surface area contributed by atoms with Crippen LogP contribution in [0.15, 0.2) is 48.5 Å². The molecule has 120 valence electrons. The van der Waals surface area contributed by atoms with Gasteiger partial charge in [-0.1, -0.05) is 23.7 Å². The summed E-state index contributed by atoms with van der Waals surface area (Å²) in [6.45, 7) is 0.292. The first-order valence-corrected chi connectivity index (χ1v) is 7.34. The summed E-state index contributed by atoms with van der Waals surface area (Å²) in [5.74, 6) is 0.264. The van der Waals surface area contributed by atoms with Crippen molar-refractivity contribution in [1.82, 2.24) is 4.90 Å². The van der Waals surface area contributed by atoms with E-state index in [-0.39, 0.29) is 5.78 Å². The van der Waals surface area contributed by atoms with E-state index in [9.17, 15) is 9.59 Å². The lowest BCUT2D eigenvalue weighted by Gasteiger charge is -2.10. The molecular weight excluding hydrogens is 316 g/mol. The summed E-state index contributed by atoms with van der Waals surface area (Å²) in [7, 11) is 3.63. The Morgan fingerprint density at radius 3 is 2.48 bits per heavy atom. The average Bonchev–Trinajstić information content (AvgIpc) is 2.49. The first kappa shape index (κ1) is 17.0. The number of nitrogens with one attached hydrogen (secondary N) is 1. The lowest BCUT2D eigenvalue weighted by atomic mass is 10.1. The Hall–Kier alpha value is -2.37. The number of carbonyl (C=O) groups excluding carboxylic acids is 2. The molecule has 0 spiro atoms. The molecule has 0 heterocycles. The molecule has 0 atom stereocenters. The quantitative estimate of drug-likeness (QED) is 0.848. The van der Waals surface area contributed by atoms with Gasteiger partial charge in [0.05, 0.1) is 6.54 Å². The molecule has 1 N–H and O–H groups in total. The van der Waals surface area contributed by atoms with Crippen LogP contribution in [-0.2, 0) is 0 Å². The molecule has 0 unspecified atom stereocenters. The van der Waals surface area contributed by atoms with Crippen LogP contribution < -0.4 is 10.1 Å². The Labute approximate surface area is 139 Å². The van der Waals surface area contributed by atoms with E-state index in [1.54, 1.807) is 53.4 Å². The highest BCUT2D eigenvalue weighted by Crippen LogP contribution is 2.17. The van der Waals surface area contributed by atoms with Crippen LogP contribution in [0.4, 0.5) is 10.5 Å². The Morgan fingerprint density at radius 1 is 1.13 bits per heavy atom. The maximum absolute atomic E-state index is 12.0. The van der Waals surface area contributed by atoms with E-state index >= 15 is 0 Å². The number of Topliss-reactive ketones (excluding diaryl/α,β-unsaturated/α-hetero) is 1. The Balaban J connectivity index is 2.00. The van der Waals surface area contributed by atoms with E-state index < -0.39 is 6.09 Å². The van der Waals surface area contributed by atoms with Crippen LogP contribution in [0.25, 0.3) is 0 Å². The fourth-order valence-electron chi connectivity index (χ4n) is 1.90. The number of hydrogen-bond donors (Lipinski definition) is 1. The van der Waals surface area contributed by atoms with Crippen molar-refractivity contribution in [2.24, 2.45) is 0 Å². The summed E-state index contributed by atoms with van der Waals surface area (Å²) in [6, 6.07) is 13.2. The summed E-state index contributed by atoms with van der Waals surface area (Å²) >= 11 is 5.78. The van der Waals surface area contributed by atoms with E-state index in [4.69, 9.17) is 16.3 Å². The number of rotatable bonds is 5. The van der Waals surface area contributed by atoms with Crippen molar-refractivity contribution in [3.8, 4) is 5.75 Å². The Morgan fingerprint density at radius 2 is 1.83 bits per heavy atom. The molecule has 1 amide bonds. The Bertz CT molecular complexity index is 699. The fourth-order valence-corrected chi connectivity index (χ4v) is 2.02. The molecule has 0 aromatic heterocycles. The second kappa shape index (κ2) is 7.76. The number of ether oxygens (including phenoxy) is 1. The number of ketones is 1. The molecule has 0 saturated carbocycles. The molecule has 23 heavy (non-hydrogen) atoms. The van der Waals surface area contributed by atoms with Gasteiger partial charge >= 0.3 is 6.09 Å². The molecule has 0 aliphatic heterocycles. The van der Waals surface area contributed by atoms with Crippen LogP contribution in [0.3, 0.4) is 0 Å². The largest absolute Gasteiger partial charge is 0.417 e. The van der Waals surface area contributed by atoms with E-state index in [0.717, 1.165) is 0 Å². The molecule has 0 aliphatic rings. The molecule has 2 aromatic carbocycles. The smallest absolute Gasteiger partial charge is 0.410 e. The zero-order chi connectivity index (χ0) is 16.8. The lowest BCUT2D eigenvalue weighted by molar-refractivity contribution is 0.0957. The molecule has 6 heteroatoms. The first-order chi connectivity index (χ1) is 10.9. The summed E-state index contributed by atoms with van der Waals surface area (Å²) in [5.41, 5.74) is 1.06. The van der Waals surface area contributed by atoms with E-state index in [1.165, 1.54) is 0 Å². The van der Waals surface area contributed by atoms with Gasteiger partial charge in [0.1, 0.15) is 5.75 Å². The zero-order valence-electron chi connectivity index (χ0n) is 12.9. The standard InChI is InChI=1S/C17H17ClN2O3/c1-20(2)11-16(21)12-4-3-5-15(10-12)23-17(22)19-14-8-6-13(18)7-9-14/h3-10H,11H2,1-2H3,(H,19,22). The summed E-state index contributed by atoms with van der Waals surface area (Å²) in [6.07, 6.45) is -0.635. The van der Waals surface area contributed by atoms with Gasteiger partial charge in [0, 0.05) is 16.3 Å². The predicted octanol–water partition coefficient (Wildman–Crippen LogP) is 3.70. The second-order valence-electron chi connectivity index (χ2n) is 5.21. The topological polar surface area (TPSA) is 58.6 Å². The molecule has 0 radical (unpaired) electrons. The van der Waals surface area contributed by atoms with Gasteiger partial charge in [0.15, 0.2) is 5.78 Å². The molecular formula is C17H17ClN2O3. The monoisotopic (exact) mass is 332 g/mol. The van der Waals surface area contributed by atoms with Crippen LogP contribution in [0.2, 0.25) is 5.02 Å². The normalized spacial score (nSPS) is 10.4. The van der Waals surface area contributed by atoms with Gasteiger partial charge in [-0.15, -0.1) is 0 Å². The van der Waals surface area contributed by atoms with E-state index in [2.05, 4.69) is 5.32 Å². The SMILES string of the molecule is CN(C)CC(=O)c1cccc(OC(=O)Nc2ccc(Cl)cc2)c1. The maximum atomic E-state index is 12.0. The predicted molar refractivity (Wildman–Crippen MR) is 90.4 cm³/mol. The van der Waals surface area contributed by atoms with Crippen LogP contribution in [0.5, 0.6) is 5.75 Å². The van der Waals surface area contributed by atoms with Gasteiger partial charge in [-0.3, -0.25) is 10.1 Å². The lowest BCUT2D eigenvalue weighted by Crippen LogP contribution is -2.22. The van der Waals surface area contributed by atoms with Gasteiger partial charge < -0.3 is 9.64 Å². The number of nitrogens with zero attached hydrogens (tertiary/aromatic N) is 1. The van der Waals surface area contributed by atoms with Crippen molar-refractivity contribution in [3.05, 3.63) is 59.1 Å². The minimum atomic E-state index is -0.635. The molecule has 5 nitrogen and oxygen atoms in total. The number of benzene rings is 2. The molecule has 0 fully saturated rings. The average molecular weight is 333 g/mol. The summed E-state index contributed by atoms with van der Waals surface area (Å²) < 4.78 is 5.20. The third-order valence-corrected chi connectivity index (χ3v) is 3.17. The van der Waals surface area contributed by atoms with Crippen LogP contribution >= 0.6 is 11.6 Å². The highest BCUT2D eigenvalue weighted by atomic mass is 35.5. The highest BCUT2D eigenvalue weighted by Gasteiger charge is 2.10. The van der Waals surface area contributed by atoms with Crippen LogP contribution in [0.1, 0.15) is 10.4 Å².